The number of nitrogens with one attached hydrogen (secondary N) is 2. The minimum Gasteiger partial charge on any atom is -0.314 e. The van der Waals surface area contributed by atoms with Crippen molar-refractivity contribution in [2.45, 2.75) is 31.8 Å². The summed E-state index contributed by atoms with van der Waals surface area (Å²) >= 11 is 0. The Balaban J connectivity index is 1.66. The molecule has 1 aliphatic rings. The third-order valence-corrected chi connectivity index (χ3v) is 4.25. The van der Waals surface area contributed by atoms with Crippen LogP contribution in [-0.2, 0) is 23.6 Å². The average molecular weight is 272 g/mol. The molecule has 0 aromatic carbocycles. The van der Waals surface area contributed by atoms with Gasteiger partial charge in [-0.2, -0.15) is 5.10 Å². The van der Waals surface area contributed by atoms with Crippen LogP contribution in [0.15, 0.2) is 12.3 Å². The molecule has 0 spiro atoms. The van der Waals surface area contributed by atoms with Crippen molar-refractivity contribution in [2.24, 2.45) is 7.05 Å². The van der Waals surface area contributed by atoms with Gasteiger partial charge < -0.3 is 5.32 Å². The van der Waals surface area contributed by atoms with Crippen molar-refractivity contribution in [1.82, 2.24) is 19.8 Å². The number of hydrogen-bond donors (Lipinski definition) is 2. The second-order valence-corrected chi connectivity index (χ2v) is 6.63. The first kappa shape index (κ1) is 13.5. The highest BCUT2D eigenvalue weighted by molar-refractivity contribution is 7.89. The summed E-state index contributed by atoms with van der Waals surface area (Å²) in [5.41, 5.74) is 0.734. The van der Waals surface area contributed by atoms with E-state index in [1.165, 1.54) is 12.8 Å². The maximum absolute atomic E-state index is 11.7. The van der Waals surface area contributed by atoms with Gasteiger partial charge in [-0.15, -0.1) is 0 Å². The number of nitrogens with zero attached hydrogens (tertiary/aromatic N) is 2. The van der Waals surface area contributed by atoms with Gasteiger partial charge in [0.05, 0.1) is 18.0 Å². The molecule has 1 fully saturated rings. The van der Waals surface area contributed by atoms with Crippen LogP contribution < -0.4 is 10.0 Å². The lowest BCUT2D eigenvalue weighted by Crippen LogP contribution is -2.28. The molecule has 0 aliphatic heterocycles. The van der Waals surface area contributed by atoms with E-state index >= 15 is 0 Å². The van der Waals surface area contributed by atoms with E-state index in [1.807, 2.05) is 7.05 Å². The van der Waals surface area contributed by atoms with Crippen molar-refractivity contribution in [3.63, 3.8) is 0 Å². The van der Waals surface area contributed by atoms with Gasteiger partial charge >= 0.3 is 0 Å². The van der Waals surface area contributed by atoms with Gasteiger partial charge in [0.1, 0.15) is 0 Å². The fraction of sp³-hybridized carbons (Fsp3) is 0.727. The maximum Gasteiger partial charge on any atom is 0.211 e. The Kier molecular flexibility index (Phi) is 4.36. The van der Waals surface area contributed by atoms with E-state index in [9.17, 15) is 8.42 Å². The highest BCUT2D eigenvalue weighted by Gasteiger charge is 2.20. The number of rotatable bonds is 8. The molecular formula is C11H20N4O2S. The molecule has 0 bridgehead atoms. The van der Waals surface area contributed by atoms with Gasteiger partial charge in [-0.25, -0.2) is 13.1 Å². The SMILES string of the molecule is Cn1ccc(CNS(=O)(=O)CCCNC2CC2)n1. The predicted octanol–water partition coefficient (Wildman–Crippen LogP) is -0.0184. The summed E-state index contributed by atoms with van der Waals surface area (Å²) in [6, 6.07) is 2.44. The number of hydrogen-bond acceptors (Lipinski definition) is 4. The molecule has 0 unspecified atom stereocenters. The minimum absolute atomic E-state index is 0.166. The monoisotopic (exact) mass is 272 g/mol. The van der Waals surface area contributed by atoms with Crippen LogP contribution in [0.5, 0.6) is 0 Å². The highest BCUT2D eigenvalue weighted by atomic mass is 32.2. The Morgan fingerprint density at radius 2 is 2.28 bits per heavy atom. The molecule has 1 aliphatic carbocycles. The molecule has 0 amide bonds. The van der Waals surface area contributed by atoms with Gasteiger partial charge in [-0.3, -0.25) is 4.68 Å². The minimum atomic E-state index is -3.19. The van der Waals surface area contributed by atoms with Gasteiger partial charge in [0, 0.05) is 19.3 Å². The number of aryl methyl sites for hydroxylation is 1. The first-order valence-corrected chi connectivity index (χ1v) is 7.90. The van der Waals surface area contributed by atoms with Gasteiger partial charge in [-0.1, -0.05) is 0 Å². The molecule has 7 heteroatoms. The molecule has 1 aromatic heterocycles. The lowest BCUT2D eigenvalue weighted by molar-refractivity contribution is 0.572. The first-order chi connectivity index (χ1) is 8.55. The van der Waals surface area contributed by atoms with Crippen LogP contribution in [0, 0.1) is 0 Å². The van der Waals surface area contributed by atoms with Crippen LogP contribution in [0.1, 0.15) is 25.0 Å². The summed E-state index contributed by atoms with van der Waals surface area (Å²) < 4.78 is 27.6. The number of sulfonamides is 1. The molecule has 0 saturated heterocycles. The molecule has 0 radical (unpaired) electrons. The Labute approximate surface area is 108 Å². The van der Waals surface area contributed by atoms with Crippen LogP contribution in [0.4, 0.5) is 0 Å². The third kappa shape index (κ3) is 4.75. The van der Waals surface area contributed by atoms with E-state index in [-0.39, 0.29) is 12.3 Å². The van der Waals surface area contributed by atoms with Crippen molar-refractivity contribution in [3.05, 3.63) is 18.0 Å². The van der Waals surface area contributed by atoms with Gasteiger partial charge in [0.25, 0.3) is 0 Å². The van der Waals surface area contributed by atoms with Crippen molar-refractivity contribution >= 4 is 10.0 Å². The van der Waals surface area contributed by atoms with Crippen LogP contribution in [-0.4, -0.2) is 36.5 Å². The van der Waals surface area contributed by atoms with E-state index in [1.54, 1.807) is 16.9 Å². The van der Waals surface area contributed by atoms with Crippen molar-refractivity contribution in [3.8, 4) is 0 Å². The van der Waals surface area contributed by atoms with Crippen LogP contribution in [0.25, 0.3) is 0 Å². The number of aromatic nitrogens is 2. The van der Waals surface area contributed by atoms with Crippen molar-refractivity contribution < 1.29 is 8.42 Å². The average Bonchev–Trinajstić information content (AvgIpc) is 3.04. The molecule has 102 valence electrons. The summed E-state index contributed by atoms with van der Waals surface area (Å²) in [5, 5.41) is 7.42. The third-order valence-electron chi connectivity index (χ3n) is 2.84. The topological polar surface area (TPSA) is 76.0 Å². The van der Waals surface area contributed by atoms with Gasteiger partial charge in [0.15, 0.2) is 0 Å². The van der Waals surface area contributed by atoms with Gasteiger partial charge in [-0.05, 0) is 31.9 Å². The molecule has 2 rings (SSSR count). The predicted molar refractivity (Wildman–Crippen MR) is 69.5 cm³/mol. The zero-order valence-electron chi connectivity index (χ0n) is 10.6. The Bertz CT molecular complexity index is 479. The quantitative estimate of drug-likeness (QED) is 0.652. The Hall–Kier alpha value is -0.920. The highest BCUT2D eigenvalue weighted by Crippen LogP contribution is 2.18. The summed E-state index contributed by atoms with van der Waals surface area (Å²) in [6.07, 6.45) is 4.90. The van der Waals surface area contributed by atoms with E-state index < -0.39 is 10.0 Å². The fourth-order valence-corrected chi connectivity index (χ4v) is 2.71. The zero-order valence-corrected chi connectivity index (χ0v) is 11.4. The van der Waals surface area contributed by atoms with E-state index in [4.69, 9.17) is 0 Å². The first-order valence-electron chi connectivity index (χ1n) is 6.24. The van der Waals surface area contributed by atoms with Crippen molar-refractivity contribution in [1.29, 1.82) is 0 Å². The van der Waals surface area contributed by atoms with Crippen molar-refractivity contribution in [2.75, 3.05) is 12.3 Å². The molecule has 1 saturated carbocycles. The largest absolute Gasteiger partial charge is 0.314 e. The van der Waals surface area contributed by atoms with E-state index in [2.05, 4.69) is 15.1 Å². The second kappa shape index (κ2) is 5.81. The van der Waals surface area contributed by atoms with Crippen LogP contribution in [0.3, 0.4) is 0 Å². The molecule has 0 atom stereocenters. The normalized spacial score (nSPS) is 16.1. The molecule has 18 heavy (non-hydrogen) atoms. The van der Waals surface area contributed by atoms with Crippen LogP contribution >= 0.6 is 0 Å². The lowest BCUT2D eigenvalue weighted by atomic mass is 10.4. The fourth-order valence-electron chi connectivity index (χ4n) is 1.67. The molecule has 2 N–H and O–H groups in total. The summed E-state index contributed by atoms with van der Waals surface area (Å²) in [5.74, 6) is 0.166. The Morgan fingerprint density at radius 1 is 1.50 bits per heavy atom. The maximum atomic E-state index is 11.7. The molecule has 1 aromatic rings. The molecule has 1 heterocycles. The van der Waals surface area contributed by atoms with Crippen LogP contribution in [0.2, 0.25) is 0 Å². The summed E-state index contributed by atoms with van der Waals surface area (Å²) in [7, 11) is -1.38. The van der Waals surface area contributed by atoms with Gasteiger partial charge in [0.2, 0.25) is 10.0 Å². The smallest absolute Gasteiger partial charge is 0.211 e. The Morgan fingerprint density at radius 3 is 2.89 bits per heavy atom. The zero-order chi connectivity index (χ0) is 13.0. The molecule has 6 nitrogen and oxygen atoms in total. The van der Waals surface area contributed by atoms with E-state index in [0.29, 0.717) is 12.5 Å². The lowest BCUT2D eigenvalue weighted by Gasteiger charge is -2.05. The molecular weight excluding hydrogens is 252 g/mol. The van der Waals surface area contributed by atoms with E-state index in [0.717, 1.165) is 12.2 Å². The summed E-state index contributed by atoms with van der Waals surface area (Å²) in [4.78, 5) is 0. The second-order valence-electron chi connectivity index (χ2n) is 4.70. The summed E-state index contributed by atoms with van der Waals surface area (Å²) in [6.45, 7) is 1.04. The standard InChI is InChI=1S/C11H20N4O2S/c1-15-7-5-11(14-15)9-13-18(16,17)8-2-6-12-10-3-4-10/h5,7,10,12-13H,2-4,6,8-9H2,1H3.